The van der Waals surface area contributed by atoms with Crippen LogP contribution in [0.4, 0.5) is 0 Å². The molecule has 8 heteroatoms. The van der Waals surface area contributed by atoms with Gasteiger partial charge in [0, 0.05) is 25.0 Å². The number of thiazole rings is 1. The van der Waals surface area contributed by atoms with Crippen LogP contribution in [0.3, 0.4) is 0 Å². The third-order valence-corrected chi connectivity index (χ3v) is 5.03. The summed E-state index contributed by atoms with van der Waals surface area (Å²) < 4.78 is 5.34. The van der Waals surface area contributed by atoms with E-state index in [0.29, 0.717) is 11.1 Å². The number of rotatable bonds is 5. The summed E-state index contributed by atoms with van der Waals surface area (Å²) in [5.74, 6) is -0.851. The Labute approximate surface area is 148 Å². The lowest BCUT2D eigenvalue weighted by Crippen LogP contribution is -2.35. The minimum absolute atomic E-state index is 0.0965. The first-order valence-corrected chi connectivity index (χ1v) is 8.94. The van der Waals surface area contributed by atoms with Gasteiger partial charge in [0.15, 0.2) is 0 Å². The number of benzene rings is 1. The number of morpholine rings is 1. The molecule has 0 N–H and O–H groups in total. The van der Waals surface area contributed by atoms with Crippen LogP contribution >= 0.6 is 11.3 Å². The van der Waals surface area contributed by atoms with E-state index >= 15 is 0 Å². The van der Waals surface area contributed by atoms with Gasteiger partial charge in [0.25, 0.3) is 11.8 Å². The Hall–Kier alpha value is -2.13. The molecule has 7 nitrogen and oxygen atoms in total. The quantitative estimate of drug-likeness (QED) is 0.757. The van der Waals surface area contributed by atoms with Crippen LogP contribution in [0, 0.1) is 0 Å². The predicted molar refractivity (Wildman–Crippen MR) is 89.9 cm³/mol. The van der Waals surface area contributed by atoms with E-state index in [1.165, 1.54) is 11.3 Å². The van der Waals surface area contributed by atoms with Gasteiger partial charge in [-0.1, -0.05) is 12.1 Å². The fourth-order valence-electron chi connectivity index (χ4n) is 2.88. The number of imide groups is 1. The maximum atomic E-state index is 12.2. The average molecular weight is 359 g/mol. The zero-order valence-corrected chi connectivity index (χ0v) is 14.3. The van der Waals surface area contributed by atoms with Crippen LogP contribution < -0.4 is 0 Å². The smallest absolute Gasteiger partial charge is 0.285 e. The van der Waals surface area contributed by atoms with Gasteiger partial charge in [0.2, 0.25) is 0 Å². The molecule has 1 aromatic carbocycles. The maximum Gasteiger partial charge on any atom is 0.285 e. The highest BCUT2D eigenvalue weighted by Crippen LogP contribution is 2.24. The van der Waals surface area contributed by atoms with E-state index in [0.717, 1.165) is 48.6 Å². The molecule has 2 aromatic rings. The summed E-state index contributed by atoms with van der Waals surface area (Å²) in [6.07, 6.45) is 0. The Morgan fingerprint density at radius 1 is 1.12 bits per heavy atom. The van der Waals surface area contributed by atoms with Gasteiger partial charge >= 0.3 is 0 Å². The second-order valence-electron chi connectivity index (χ2n) is 5.84. The first-order chi connectivity index (χ1) is 12.2. The van der Waals surface area contributed by atoms with Gasteiger partial charge in [-0.25, -0.2) is 4.98 Å². The van der Waals surface area contributed by atoms with Crippen molar-refractivity contribution in [3.8, 4) is 0 Å². The number of ether oxygens (including phenoxy) is 1. The molecule has 2 aliphatic heterocycles. The molecule has 0 atom stereocenters. The third-order valence-electron chi connectivity index (χ3n) is 4.16. The Kier molecular flexibility index (Phi) is 4.58. The van der Waals surface area contributed by atoms with Gasteiger partial charge in [0.05, 0.1) is 30.0 Å². The number of amides is 2. The molecule has 1 fully saturated rings. The number of hydrogen-bond acceptors (Lipinski definition) is 7. The molecule has 1 saturated heterocycles. The van der Waals surface area contributed by atoms with E-state index in [1.54, 1.807) is 24.3 Å². The van der Waals surface area contributed by atoms with Crippen molar-refractivity contribution in [1.29, 1.82) is 0 Å². The number of hydrogen-bond donors (Lipinski definition) is 0. The molecule has 0 aliphatic carbocycles. The Balaban J connectivity index is 1.36. The Bertz CT molecular complexity index is 766. The molecular weight excluding hydrogens is 342 g/mol. The van der Waals surface area contributed by atoms with Crippen LogP contribution in [0.25, 0.3) is 0 Å². The van der Waals surface area contributed by atoms with Crippen molar-refractivity contribution in [2.45, 2.75) is 13.2 Å². The van der Waals surface area contributed by atoms with Crippen molar-refractivity contribution in [2.75, 3.05) is 26.3 Å². The van der Waals surface area contributed by atoms with E-state index in [1.807, 2.05) is 5.38 Å². The van der Waals surface area contributed by atoms with Crippen molar-refractivity contribution in [1.82, 2.24) is 14.9 Å². The molecular formula is C17H17N3O4S. The Morgan fingerprint density at radius 2 is 1.80 bits per heavy atom. The molecule has 3 heterocycles. The first-order valence-electron chi connectivity index (χ1n) is 8.06. The van der Waals surface area contributed by atoms with Crippen LogP contribution in [0.5, 0.6) is 0 Å². The summed E-state index contributed by atoms with van der Waals surface area (Å²) in [4.78, 5) is 36.7. The lowest BCUT2D eigenvalue weighted by Gasteiger charge is -2.25. The van der Waals surface area contributed by atoms with E-state index in [9.17, 15) is 9.59 Å². The number of fused-ring (bicyclic) bond motifs is 1. The lowest BCUT2D eigenvalue weighted by atomic mass is 10.1. The van der Waals surface area contributed by atoms with Crippen molar-refractivity contribution in [2.24, 2.45) is 0 Å². The maximum absolute atomic E-state index is 12.2. The molecule has 1 aromatic heterocycles. The zero-order chi connectivity index (χ0) is 17.2. The molecule has 2 amide bonds. The average Bonchev–Trinajstić information content (AvgIpc) is 3.18. The number of hydroxylamine groups is 2. The summed E-state index contributed by atoms with van der Waals surface area (Å²) in [6, 6.07) is 6.71. The molecule has 130 valence electrons. The largest absolute Gasteiger partial charge is 0.379 e. The molecule has 0 spiro atoms. The molecule has 0 unspecified atom stereocenters. The van der Waals surface area contributed by atoms with Crippen LogP contribution in [0.15, 0.2) is 29.6 Å². The normalized spacial score (nSPS) is 18.0. The molecule has 2 aliphatic rings. The van der Waals surface area contributed by atoms with Crippen molar-refractivity contribution in [3.05, 3.63) is 51.5 Å². The van der Waals surface area contributed by atoms with Gasteiger partial charge in [-0.3, -0.25) is 19.3 Å². The molecule has 25 heavy (non-hydrogen) atoms. The van der Waals surface area contributed by atoms with Gasteiger partial charge in [-0.05, 0) is 12.1 Å². The second kappa shape index (κ2) is 7.01. The van der Waals surface area contributed by atoms with Crippen molar-refractivity contribution >= 4 is 23.2 Å². The minimum Gasteiger partial charge on any atom is -0.379 e. The number of carbonyl (C=O) groups is 2. The topological polar surface area (TPSA) is 72.0 Å². The van der Waals surface area contributed by atoms with E-state index in [2.05, 4.69) is 9.88 Å². The van der Waals surface area contributed by atoms with Crippen LogP contribution in [0.2, 0.25) is 0 Å². The van der Waals surface area contributed by atoms with E-state index < -0.39 is 11.8 Å². The fraction of sp³-hybridized carbons (Fsp3) is 0.353. The van der Waals surface area contributed by atoms with Gasteiger partial charge < -0.3 is 4.74 Å². The summed E-state index contributed by atoms with van der Waals surface area (Å²) >= 11 is 1.46. The molecule has 0 saturated carbocycles. The second-order valence-corrected chi connectivity index (χ2v) is 6.79. The molecule has 0 radical (unpaired) electrons. The van der Waals surface area contributed by atoms with Crippen molar-refractivity contribution in [3.63, 3.8) is 0 Å². The van der Waals surface area contributed by atoms with Crippen LogP contribution in [0.1, 0.15) is 31.4 Å². The number of carbonyl (C=O) groups excluding carboxylic acids is 2. The highest BCUT2D eigenvalue weighted by atomic mass is 32.1. The van der Waals surface area contributed by atoms with Gasteiger partial charge in [-0.2, -0.15) is 0 Å². The van der Waals surface area contributed by atoms with E-state index in [-0.39, 0.29) is 6.61 Å². The predicted octanol–water partition coefficient (Wildman–Crippen LogP) is 1.70. The van der Waals surface area contributed by atoms with Gasteiger partial charge in [-0.15, -0.1) is 16.4 Å². The first kappa shape index (κ1) is 16.3. The van der Waals surface area contributed by atoms with Crippen LogP contribution in [-0.4, -0.2) is 53.1 Å². The summed E-state index contributed by atoms with van der Waals surface area (Å²) in [5, 5.41) is 3.55. The number of aromatic nitrogens is 1. The highest BCUT2D eigenvalue weighted by molar-refractivity contribution is 7.09. The SMILES string of the molecule is O=C1c2ccccc2C(=O)N1OCc1nc(CN2CCOCC2)cs1. The monoisotopic (exact) mass is 359 g/mol. The third kappa shape index (κ3) is 3.34. The lowest BCUT2D eigenvalue weighted by molar-refractivity contribution is -0.101. The fourth-order valence-corrected chi connectivity index (χ4v) is 3.57. The Morgan fingerprint density at radius 3 is 2.48 bits per heavy atom. The van der Waals surface area contributed by atoms with Gasteiger partial charge in [0.1, 0.15) is 11.6 Å². The van der Waals surface area contributed by atoms with Crippen molar-refractivity contribution < 1.29 is 19.2 Å². The molecule has 0 bridgehead atoms. The van der Waals surface area contributed by atoms with Crippen LogP contribution in [-0.2, 0) is 22.7 Å². The standard InChI is InChI=1S/C17H17N3O4S/c21-16-13-3-1-2-4-14(13)17(22)20(16)24-10-15-18-12(11-25-15)9-19-5-7-23-8-6-19/h1-4,11H,5-10H2. The highest BCUT2D eigenvalue weighted by Gasteiger charge is 2.36. The summed E-state index contributed by atoms with van der Waals surface area (Å²) in [7, 11) is 0. The number of nitrogens with zero attached hydrogens (tertiary/aromatic N) is 3. The summed E-state index contributed by atoms with van der Waals surface area (Å²) in [5.41, 5.74) is 1.71. The van der Waals surface area contributed by atoms with E-state index in [4.69, 9.17) is 9.57 Å². The minimum atomic E-state index is -0.425. The summed E-state index contributed by atoms with van der Waals surface area (Å²) in [6.45, 7) is 4.17. The molecule has 4 rings (SSSR count). The zero-order valence-electron chi connectivity index (χ0n) is 13.5.